The van der Waals surface area contributed by atoms with Gasteiger partial charge < -0.3 is 18.7 Å². The minimum atomic E-state index is 0.00648. The molecule has 0 aromatic heterocycles. The predicted molar refractivity (Wildman–Crippen MR) is 103 cm³/mol. The van der Waals surface area contributed by atoms with Crippen molar-refractivity contribution in [1.82, 2.24) is 0 Å². The third kappa shape index (κ3) is 3.06. The third-order valence-electron chi connectivity index (χ3n) is 5.83. The van der Waals surface area contributed by atoms with Crippen LogP contribution in [0.4, 0.5) is 0 Å². The molecule has 0 N–H and O–H groups in total. The molecule has 2 aliphatic rings. The van der Waals surface area contributed by atoms with Crippen molar-refractivity contribution in [3.8, 4) is 17.2 Å². The first-order valence-corrected chi connectivity index (χ1v) is 9.32. The summed E-state index contributed by atoms with van der Waals surface area (Å²) in [5, 5.41) is 0. The molecule has 0 unspecified atom stereocenters. The largest absolute Gasteiger partial charge is 0.492 e. The molecule has 4 rings (SSSR count). The number of ether oxygens (including phenoxy) is 3. The summed E-state index contributed by atoms with van der Waals surface area (Å²) >= 11 is 0. The average molecular weight is 368 g/mol. The van der Waals surface area contributed by atoms with Gasteiger partial charge in [0.1, 0.15) is 6.04 Å². The average Bonchev–Trinajstić information content (AvgIpc) is 3.11. The molecule has 0 fully saturated rings. The molecule has 142 valence electrons. The molecule has 2 heterocycles. The standard InChI is InChI=1S/C22H26NO4/c1-14-5-7-15(8-6-14)18(24)12-17-20-16(9-10-23(17,2)3)11-19-21(22(20)25-4)27-13-26-19/h5-8,11,17H,9-10,12-13H2,1-4H3/q+1/t17-/m1/s1. The van der Waals surface area contributed by atoms with Crippen LogP contribution in [-0.4, -0.2) is 44.8 Å². The first kappa shape index (κ1) is 17.9. The number of carbonyl (C=O) groups is 1. The summed E-state index contributed by atoms with van der Waals surface area (Å²) in [6.07, 6.45) is 1.35. The smallest absolute Gasteiger partial charge is 0.231 e. The van der Waals surface area contributed by atoms with Crippen LogP contribution in [-0.2, 0) is 6.42 Å². The van der Waals surface area contributed by atoms with Crippen LogP contribution in [0.3, 0.4) is 0 Å². The van der Waals surface area contributed by atoms with Crippen molar-refractivity contribution < 1.29 is 23.5 Å². The number of carbonyl (C=O) groups excluding carboxylic acids is 1. The van der Waals surface area contributed by atoms with Crippen LogP contribution in [0.5, 0.6) is 17.2 Å². The SMILES string of the molecule is COc1c2c(cc3c1[C@@H](CC(=O)c1ccc(C)cc1)[N+](C)(C)CC3)OCO2. The number of ketones is 1. The molecule has 0 radical (unpaired) electrons. The molecule has 5 nitrogen and oxygen atoms in total. The van der Waals surface area contributed by atoms with Crippen LogP contribution in [0.1, 0.15) is 39.5 Å². The van der Waals surface area contributed by atoms with Crippen molar-refractivity contribution in [3.63, 3.8) is 0 Å². The number of quaternary nitrogens is 1. The number of hydrogen-bond donors (Lipinski definition) is 0. The van der Waals surface area contributed by atoms with E-state index < -0.39 is 0 Å². The Hall–Kier alpha value is -2.53. The van der Waals surface area contributed by atoms with E-state index in [4.69, 9.17) is 14.2 Å². The Balaban J connectivity index is 1.76. The highest BCUT2D eigenvalue weighted by molar-refractivity contribution is 5.96. The number of aryl methyl sites for hydroxylation is 1. The van der Waals surface area contributed by atoms with E-state index >= 15 is 0 Å². The van der Waals surface area contributed by atoms with Gasteiger partial charge in [0.05, 0.1) is 39.7 Å². The van der Waals surface area contributed by atoms with E-state index in [2.05, 4.69) is 20.2 Å². The zero-order valence-corrected chi connectivity index (χ0v) is 16.4. The van der Waals surface area contributed by atoms with Crippen molar-refractivity contribution >= 4 is 5.78 Å². The van der Waals surface area contributed by atoms with Gasteiger partial charge in [-0.3, -0.25) is 4.79 Å². The van der Waals surface area contributed by atoms with E-state index in [1.54, 1.807) is 7.11 Å². The molecule has 0 saturated carbocycles. The van der Waals surface area contributed by atoms with Gasteiger partial charge in [0, 0.05) is 12.0 Å². The van der Waals surface area contributed by atoms with Crippen molar-refractivity contribution in [3.05, 3.63) is 52.6 Å². The van der Waals surface area contributed by atoms with E-state index in [0.29, 0.717) is 17.9 Å². The minimum absolute atomic E-state index is 0.00648. The third-order valence-corrected chi connectivity index (χ3v) is 5.83. The fourth-order valence-corrected chi connectivity index (χ4v) is 4.15. The molecule has 27 heavy (non-hydrogen) atoms. The van der Waals surface area contributed by atoms with Gasteiger partial charge in [0.2, 0.25) is 12.5 Å². The Morgan fingerprint density at radius 1 is 1.22 bits per heavy atom. The Labute approximate surface area is 160 Å². The maximum Gasteiger partial charge on any atom is 0.231 e. The molecule has 2 aromatic rings. The van der Waals surface area contributed by atoms with E-state index in [1.165, 1.54) is 5.56 Å². The van der Waals surface area contributed by atoms with Gasteiger partial charge in [0.15, 0.2) is 17.3 Å². The van der Waals surface area contributed by atoms with Crippen molar-refractivity contribution in [2.75, 3.05) is 34.5 Å². The molecular weight excluding hydrogens is 342 g/mol. The molecule has 2 aromatic carbocycles. The Kier molecular flexibility index (Phi) is 4.35. The number of benzene rings is 2. The zero-order valence-electron chi connectivity index (χ0n) is 16.4. The maximum absolute atomic E-state index is 13.0. The number of rotatable bonds is 4. The lowest BCUT2D eigenvalue weighted by molar-refractivity contribution is -0.922. The van der Waals surface area contributed by atoms with E-state index in [0.717, 1.165) is 39.9 Å². The first-order valence-electron chi connectivity index (χ1n) is 9.32. The number of hydrogen-bond acceptors (Lipinski definition) is 4. The molecule has 5 heteroatoms. The quantitative estimate of drug-likeness (QED) is 0.610. The number of methoxy groups -OCH3 is 1. The van der Waals surface area contributed by atoms with E-state index in [-0.39, 0.29) is 18.6 Å². The number of Topliss-reactive ketones (excluding diaryl/α,β-unsaturated/α-hetero) is 1. The molecule has 0 aliphatic carbocycles. The summed E-state index contributed by atoms with van der Waals surface area (Å²) in [6, 6.07) is 9.87. The Morgan fingerprint density at radius 2 is 1.96 bits per heavy atom. The summed E-state index contributed by atoms with van der Waals surface area (Å²) in [6.45, 7) is 3.20. The van der Waals surface area contributed by atoms with Crippen LogP contribution < -0.4 is 14.2 Å². The molecule has 1 atom stereocenters. The second-order valence-corrected chi connectivity index (χ2v) is 7.98. The normalized spacial score (nSPS) is 19.5. The summed E-state index contributed by atoms with van der Waals surface area (Å²) < 4.78 is 17.7. The Morgan fingerprint density at radius 3 is 2.67 bits per heavy atom. The Bertz CT molecular complexity index is 886. The first-order chi connectivity index (χ1) is 12.9. The molecule has 2 aliphatic heterocycles. The van der Waals surface area contributed by atoms with E-state index in [9.17, 15) is 4.79 Å². The monoisotopic (exact) mass is 368 g/mol. The molecule has 0 saturated heterocycles. The summed E-state index contributed by atoms with van der Waals surface area (Å²) in [7, 11) is 6.02. The zero-order chi connectivity index (χ0) is 19.2. The molecular formula is C22H26NO4+. The molecule has 0 spiro atoms. The topological polar surface area (TPSA) is 44.8 Å². The number of nitrogens with zero attached hydrogens (tertiary/aromatic N) is 1. The van der Waals surface area contributed by atoms with Gasteiger partial charge in [-0.05, 0) is 18.6 Å². The lowest BCUT2D eigenvalue weighted by atomic mass is 9.86. The van der Waals surface area contributed by atoms with Gasteiger partial charge in [-0.2, -0.15) is 0 Å². The van der Waals surface area contributed by atoms with Gasteiger partial charge >= 0.3 is 0 Å². The van der Waals surface area contributed by atoms with Crippen LogP contribution in [0.2, 0.25) is 0 Å². The van der Waals surface area contributed by atoms with Crippen LogP contribution in [0.15, 0.2) is 30.3 Å². The van der Waals surface area contributed by atoms with Crippen LogP contribution in [0, 0.1) is 6.92 Å². The summed E-state index contributed by atoms with van der Waals surface area (Å²) in [5.74, 6) is 2.26. The highest BCUT2D eigenvalue weighted by Crippen LogP contribution is 2.51. The number of fused-ring (bicyclic) bond motifs is 2. The van der Waals surface area contributed by atoms with Gasteiger partial charge in [-0.1, -0.05) is 29.8 Å². The predicted octanol–water partition coefficient (Wildman–Crippen LogP) is 3.68. The maximum atomic E-state index is 13.0. The van der Waals surface area contributed by atoms with Crippen molar-refractivity contribution in [1.29, 1.82) is 0 Å². The fourth-order valence-electron chi connectivity index (χ4n) is 4.15. The lowest BCUT2D eigenvalue weighted by Gasteiger charge is -2.43. The van der Waals surface area contributed by atoms with E-state index in [1.807, 2.05) is 31.2 Å². The second kappa shape index (κ2) is 6.57. The summed E-state index contributed by atoms with van der Waals surface area (Å²) in [4.78, 5) is 13.0. The molecule has 0 bridgehead atoms. The van der Waals surface area contributed by atoms with Crippen molar-refractivity contribution in [2.45, 2.75) is 25.8 Å². The fraction of sp³-hybridized carbons (Fsp3) is 0.409. The highest BCUT2D eigenvalue weighted by atomic mass is 16.7. The summed E-state index contributed by atoms with van der Waals surface area (Å²) in [5.41, 5.74) is 4.18. The van der Waals surface area contributed by atoms with Gasteiger partial charge in [-0.25, -0.2) is 0 Å². The van der Waals surface area contributed by atoms with Crippen LogP contribution in [0.25, 0.3) is 0 Å². The van der Waals surface area contributed by atoms with Crippen molar-refractivity contribution in [2.24, 2.45) is 0 Å². The highest BCUT2D eigenvalue weighted by Gasteiger charge is 2.42. The second-order valence-electron chi connectivity index (χ2n) is 7.98. The number of likely N-dealkylation sites (N-methyl/N-ethyl adjacent to an activating group) is 1. The minimum Gasteiger partial charge on any atom is -0.492 e. The lowest BCUT2D eigenvalue weighted by Crippen LogP contribution is -2.48. The van der Waals surface area contributed by atoms with Gasteiger partial charge in [0.25, 0.3) is 0 Å². The van der Waals surface area contributed by atoms with Crippen LogP contribution >= 0.6 is 0 Å². The molecule has 0 amide bonds. The van der Waals surface area contributed by atoms with Gasteiger partial charge in [-0.15, -0.1) is 0 Å².